The Kier molecular flexibility index (Phi) is 2.91. The van der Waals surface area contributed by atoms with Gasteiger partial charge < -0.3 is 15.2 Å². The first-order valence-electron chi connectivity index (χ1n) is 6.18. The highest BCUT2D eigenvalue weighted by Gasteiger charge is 2.27. The standard InChI is InChI=1S/C13H14N4O2/c1-14-12(18)11-16-13(19-17-11)9-6-7-15-10-5-3-2-4-8(9)10/h2-5,9,15H,6-7H2,1H3,(H,14,18). The summed E-state index contributed by atoms with van der Waals surface area (Å²) in [7, 11) is 1.54. The Labute approximate surface area is 110 Å². The third-order valence-corrected chi connectivity index (χ3v) is 3.25. The van der Waals surface area contributed by atoms with Crippen molar-refractivity contribution < 1.29 is 9.32 Å². The largest absolute Gasteiger partial charge is 0.385 e. The summed E-state index contributed by atoms with van der Waals surface area (Å²) in [6.07, 6.45) is 0.867. The van der Waals surface area contributed by atoms with Gasteiger partial charge in [-0.15, -0.1) is 0 Å². The lowest BCUT2D eigenvalue weighted by atomic mass is 9.91. The normalized spacial score (nSPS) is 17.4. The highest BCUT2D eigenvalue weighted by atomic mass is 16.5. The van der Waals surface area contributed by atoms with Crippen molar-refractivity contribution in [3.63, 3.8) is 0 Å². The van der Waals surface area contributed by atoms with Gasteiger partial charge in [-0.25, -0.2) is 0 Å². The number of carbonyl (C=O) groups excluding carboxylic acids is 1. The highest BCUT2D eigenvalue weighted by molar-refractivity contribution is 5.89. The molecule has 2 N–H and O–H groups in total. The first-order chi connectivity index (χ1) is 9.29. The number of para-hydroxylation sites is 1. The third kappa shape index (κ3) is 2.05. The molecular formula is C13H14N4O2. The molecule has 6 nitrogen and oxygen atoms in total. The average molecular weight is 258 g/mol. The van der Waals surface area contributed by atoms with Crippen LogP contribution in [0.2, 0.25) is 0 Å². The van der Waals surface area contributed by atoms with E-state index in [4.69, 9.17) is 4.52 Å². The molecule has 0 saturated heterocycles. The minimum atomic E-state index is -0.336. The lowest BCUT2D eigenvalue weighted by Crippen LogP contribution is -2.20. The van der Waals surface area contributed by atoms with Gasteiger partial charge in [-0.2, -0.15) is 4.98 Å². The fraction of sp³-hybridized carbons (Fsp3) is 0.308. The van der Waals surface area contributed by atoms with Gasteiger partial charge in [0.25, 0.3) is 11.7 Å². The van der Waals surface area contributed by atoms with Crippen LogP contribution in [0.3, 0.4) is 0 Å². The molecule has 0 bridgehead atoms. The van der Waals surface area contributed by atoms with Gasteiger partial charge in [0.15, 0.2) is 0 Å². The van der Waals surface area contributed by atoms with Crippen molar-refractivity contribution in [2.45, 2.75) is 12.3 Å². The van der Waals surface area contributed by atoms with Crippen molar-refractivity contribution in [2.24, 2.45) is 0 Å². The summed E-state index contributed by atoms with van der Waals surface area (Å²) in [6, 6.07) is 8.03. The van der Waals surface area contributed by atoms with Gasteiger partial charge in [0.2, 0.25) is 5.89 Å². The highest BCUT2D eigenvalue weighted by Crippen LogP contribution is 2.35. The summed E-state index contributed by atoms with van der Waals surface area (Å²) in [5.41, 5.74) is 2.21. The first kappa shape index (κ1) is 11.7. The van der Waals surface area contributed by atoms with Crippen LogP contribution in [0.25, 0.3) is 0 Å². The molecule has 1 aromatic heterocycles. The van der Waals surface area contributed by atoms with Crippen molar-refractivity contribution in [1.29, 1.82) is 0 Å². The number of anilines is 1. The molecule has 1 amide bonds. The molecule has 1 atom stereocenters. The molecule has 0 spiro atoms. The Morgan fingerprint density at radius 2 is 2.32 bits per heavy atom. The van der Waals surface area contributed by atoms with Crippen molar-refractivity contribution in [3.05, 3.63) is 41.5 Å². The molecule has 6 heteroatoms. The zero-order valence-electron chi connectivity index (χ0n) is 10.5. The zero-order valence-corrected chi connectivity index (χ0v) is 10.5. The number of hydrogen-bond acceptors (Lipinski definition) is 5. The quantitative estimate of drug-likeness (QED) is 0.850. The van der Waals surface area contributed by atoms with Crippen LogP contribution in [0, 0.1) is 0 Å². The van der Waals surface area contributed by atoms with Gasteiger partial charge in [-0.05, 0) is 18.1 Å². The fourth-order valence-electron chi connectivity index (χ4n) is 2.31. The summed E-state index contributed by atoms with van der Waals surface area (Å²) in [4.78, 5) is 15.6. The fourth-order valence-corrected chi connectivity index (χ4v) is 2.31. The third-order valence-electron chi connectivity index (χ3n) is 3.25. The molecule has 3 rings (SSSR count). The van der Waals surface area contributed by atoms with Crippen molar-refractivity contribution in [1.82, 2.24) is 15.5 Å². The SMILES string of the molecule is CNC(=O)c1noc(C2CCNc3ccccc32)n1. The molecular weight excluding hydrogens is 244 g/mol. The maximum absolute atomic E-state index is 11.4. The smallest absolute Gasteiger partial charge is 0.292 e. The molecule has 2 aromatic rings. The number of fused-ring (bicyclic) bond motifs is 1. The van der Waals surface area contributed by atoms with Crippen LogP contribution in [0.1, 0.15) is 34.4 Å². The number of rotatable bonds is 2. The predicted octanol–water partition coefficient (Wildman–Crippen LogP) is 1.38. The number of hydrogen-bond donors (Lipinski definition) is 2. The zero-order chi connectivity index (χ0) is 13.2. The van der Waals surface area contributed by atoms with Gasteiger partial charge in [-0.3, -0.25) is 4.79 Å². The van der Waals surface area contributed by atoms with E-state index in [2.05, 4.69) is 20.8 Å². The van der Waals surface area contributed by atoms with Gasteiger partial charge in [0.05, 0.1) is 5.92 Å². The van der Waals surface area contributed by atoms with Gasteiger partial charge >= 0.3 is 0 Å². The topological polar surface area (TPSA) is 80.0 Å². The number of benzene rings is 1. The number of aromatic nitrogens is 2. The molecule has 19 heavy (non-hydrogen) atoms. The summed E-state index contributed by atoms with van der Waals surface area (Å²) in [5, 5.41) is 9.53. The summed E-state index contributed by atoms with van der Waals surface area (Å²) in [6.45, 7) is 0.847. The Hall–Kier alpha value is -2.37. The van der Waals surface area contributed by atoms with Crippen LogP contribution in [0.4, 0.5) is 5.69 Å². The minimum Gasteiger partial charge on any atom is -0.385 e. The lowest BCUT2D eigenvalue weighted by molar-refractivity contribution is 0.0950. The van der Waals surface area contributed by atoms with E-state index in [0.717, 1.165) is 24.2 Å². The van der Waals surface area contributed by atoms with Crippen LogP contribution >= 0.6 is 0 Å². The Balaban J connectivity index is 1.95. The average Bonchev–Trinajstić information content (AvgIpc) is 2.95. The van der Waals surface area contributed by atoms with Crippen LogP contribution in [-0.2, 0) is 0 Å². The van der Waals surface area contributed by atoms with Crippen LogP contribution in [0.15, 0.2) is 28.8 Å². The van der Waals surface area contributed by atoms with E-state index in [1.807, 2.05) is 24.3 Å². The summed E-state index contributed by atoms with van der Waals surface area (Å²) in [5.74, 6) is 0.279. The van der Waals surface area contributed by atoms with Crippen LogP contribution in [-0.4, -0.2) is 29.6 Å². The van der Waals surface area contributed by atoms with Gasteiger partial charge in [0, 0.05) is 19.3 Å². The summed E-state index contributed by atoms with van der Waals surface area (Å²) < 4.78 is 5.23. The van der Waals surface area contributed by atoms with Crippen molar-refractivity contribution in [3.8, 4) is 0 Å². The maximum Gasteiger partial charge on any atom is 0.292 e. The molecule has 0 fully saturated rings. The van der Waals surface area contributed by atoms with E-state index in [0.29, 0.717) is 5.89 Å². The van der Waals surface area contributed by atoms with Gasteiger partial charge in [-0.1, -0.05) is 23.4 Å². The molecule has 1 unspecified atom stereocenters. The number of amides is 1. The molecule has 0 aliphatic carbocycles. The number of nitrogens with zero attached hydrogens (tertiary/aromatic N) is 2. The Morgan fingerprint density at radius 1 is 1.47 bits per heavy atom. The summed E-state index contributed by atoms with van der Waals surface area (Å²) >= 11 is 0. The van der Waals surface area contributed by atoms with E-state index >= 15 is 0 Å². The van der Waals surface area contributed by atoms with Crippen LogP contribution < -0.4 is 10.6 Å². The van der Waals surface area contributed by atoms with E-state index < -0.39 is 0 Å². The van der Waals surface area contributed by atoms with Crippen molar-refractivity contribution >= 4 is 11.6 Å². The Bertz CT molecular complexity index is 608. The van der Waals surface area contributed by atoms with E-state index in [1.54, 1.807) is 0 Å². The van der Waals surface area contributed by atoms with E-state index in [1.165, 1.54) is 7.05 Å². The van der Waals surface area contributed by atoms with E-state index in [-0.39, 0.29) is 17.6 Å². The maximum atomic E-state index is 11.4. The lowest BCUT2D eigenvalue weighted by Gasteiger charge is -2.23. The van der Waals surface area contributed by atoms with Crippen molar-refractivity contribution in [2.75, 3.05) is 18.9 Å². The molecule has 1 aromatic carbocycles. The second-order valence-electron chi connectivity index (χ2n) is 4.39. The molecule has 1 aliphatic heterocycles. The Morgan fingerprint density at radius 3 is 3.16 bits per heavy atom. The van der Waals surface area contributed by atoms with Gasteiger partial charge in [0.1, 0.15) is 0 Å². The number of nitrogens with one attached hydrogen (secondary N) is 2. The molecule has 0 saturated carbocycles. The van der Waals surface area contributed by atoms with E-state index in [9.17, 15) is 4.79 Å². The first-order valence-corrected chi connectivity index (χ1v) is 6.18. The number of carbonyl (C=O) groups is 1. The van der Waals surface area contributed by atoms with Crippen LogP contribution in [0.5, 0.6) is 0 Å². The second kappa shape index (κ2) is 4.72. The molecule has 0 radical (unpaired) electrons. The predicted molar refractivity (Wildman–Crippen MR) is 69.1 cm³/mol. The monoisotopic (exact) mass is 258 g/mol. The molecule has 98 valence electrons. The second-order valence-corrected chi connectivity index (χ2v) is 4.39. The minimum absolute atomic E-state index is 0.0448. The molecule has 1 aliphatic rings. The molecule has 2 heterocycles.